The molecule has 100 valence electrons. The second-order valence-corrected chi connectivity index (χ2v) is 4.50. The number of rotatable bonds is 4. The average molecular weight is 285 g/mol. The molecule has 2 aromatic carbocycles. The fourth-order valence-electron chi connectivity index (χ4n) is 1.91. The first kappa shape index (κ1) is 13.9. The summed E-state index contributed by atoms with van der Waals surface area (Å²) in [5.74, 6) is -1.67. The van der Waals surface area contributed by atoms with Gasteiger partial charge in [0.1, 0.15) is 0 Å². The third-order valence-corrected chi connectivity index (χ3v) is 3.28. The van der Waals surface area contributed by atoms with Crippen molar-refractivity contribution in [2.24, 2.45) is 5.73 Å². The summed E-state index contributed by atoms with van der Waals surface area (Å²) in [7, 11) is 0. The predicted octanol–water partition coefficient (Wildman–Crippen LogP) is 2.25. The molecule has 0 aliphatic carbocycles. The molecule has 0 unspecified atom stereocenters. The van der Waals surface area contributed by atoms with E-state index in [4.69, 9.17) is 18.0 Å². The Labute approximate surface area is 120 Å². The lowest BCUT2D eigenvalue weighted by Crippen LogP contribution is -2.17. The lowest BCUT2D eigenvalue weighted by atomic mass is 9.96. The zero-order valence-corrected chi connectivity index (χ0v) is 11.2. The van der Waals surface area contributed by atoms with Gasteiger partial charge in [-0.1, -0.05) is 48.6 Å². The van der Waals surface area contributed by atoms with Gasteiger partial charge in [0, 0.05) is 16.7 Å². The number of benzene rings is 2. The minimum Gasteiger partial charge on any atom is -0.478 e. The summed E-state index contributed by atoms with van der Waals surface area (Å²) in [4.78, 5) is 22.9. The molecule has 0 aromatic heterocycles. The normalized spacial score (nSPS) is 10.0. The average Bonchev–Trinajstić information content (AvgIpc) is 2.46. The SMILES string of the molecule is NC(=O)c1ccccc1C(=S)c1ccccc1C(=O)O. The number of carboxylic acid groups (broad SMARTS) is 1. The maximum Gasteiger partial charge on any atom is 0.336 e. The van der Waals surface area contributed by atoms with Crippen LogP contribution in [0.3, 0.4) is 0 Å². The van der Waals surface area contributed by atoms with Gasteiger partial charge >= 0.3 is 5.97 Å². The number of thiocarbonyl (C=S) groups is 1. The van der Waals surface area contributed by atoms with Gasteiger partial charge in [-0.2, -0.15) is 0 Å². The molecule has 0 fully saturated rings. The van der Waals surface area contributed by atoms with Gasteiger partial charge in [0.05, 0.1) is 10.4 Å². The van der Waals surface area contributed by atoms with Crippen LogP contribution in [0, 0.1) is 0 Å². The molecular weight excluding hydrogens is 274 g/mol. The number of hydrogen-bond acceptors (Lipinski definition) is 3. The van der Waals surface area contributed by atoms with Crippen LogP contribution in [0.1, 0.15) is 31.8 Å². The van der Waals surface area contributed by atoms with Gasteiger partial charge in [-0.3, -0.25) is 4.79 Å². The molecule has 0 saturated carbocycles. The summed E-state index contributed by atoms with van der Waals surface area (Å²) in [5, 5.41) is 9.19. The molecule has 0 aliphatic rings. The fourth-order valence-corrected chi connectivity index (χ4v) is 2.26. The summed E-state index contributed by atoms with van der Waals surface area (Å²) in [5.41, 5.74) is 6.54. The summed E-state index contributed by atoms with van der Waals surface area (Å²) in [6.07, 6.45) is 0. The molecule has 3 N–H and O–H groups in total. The summed E-state index contributed by atoms with van der Waals surface area (Å²) in [6, 6.07) is 13.0. The minimum absolute atomic E-state index is 0.0942. The van der Waals surface area contributed by atoms with Crippen molar-refractivity contribution in [3.05, 3.63) is 70.8 Å². The highest BCUT2D eigenvalue weighted by molar-refractivity contribution is 7.81. The smallest absolute Gasteiger partial charge is 0.336 e. The van der Waals surface area contributed by atoms with E-state index in [0.717, 1.165) is 0 Å². The summed E-state index contributed by atoms with van der Waals surface area (Å²) >= 11 is 5.33. The van der Waals surface area contributed by atoms with Crippen molar-refractivity contribution in [2.45, 2.75) is 0 Å². The second-order valence-electron chi connectivity index (χ2n) is 4.09. The molecule has 2 rings (SSSR count). The molecular formula is C15H11NO3S. The fraction of sp³-hybridized carbons (Fsp3) is 0. The molecule has 0 radical (unpaired) electrons. The molecule has 0 heterocycles. The highest BCUT2D eigenvalue weighted by Crippen LogP contribution is 2.19. The molecule has 0 bridgehead atoms. The van der Waals surface area contributed by atoms with E-state index in [0.29, 0.717) is 11.1 Å². The van der Waals surface area contributed by atoms with E-state index in [2.05, 4.69) is 0 Å². The highest BCUT2D eigenvalue weighted by Gasteiger charge is 2.17. The van der Waals surface area contributed by atoms with Gasteiger partial charge in [-0.15, -0.1) is 0 Å². The van der Waals surface area contributed by atoms with E-state index in [1.165, 1.54) is 6.07 Å². The van der Waals surface area contributed by atoms with Crippen LogP contribution in [0.15, 0.2) is 48.5 Å². The minimum atomic E-state index is -1.07. The Morgan fingerprint density at radius 2 is 1.25 bits per heavy atom. The van der Waals surface area contributed by atoms with Gasteiger partial charge in [-0.05, 0) is 12.1 Å². The van der Waals surface area contributed by atoms with Crippen LogP contribution in [0.5, 0.6) is 0 Å². The van der Waals surface area contributed by atoms with Crippen molar-refractivity contribution >= 4 is 29.0 Å². The number of nitrogens with two attached hydrogens (primary N) is 1. The van der Waals surface area contributed by atoms with E-state index in [-0.39, 0.29) is 16.0 Å². The lowest BCUT2D eigenvalue weighted by molar-refractivity contribution is 0.0696. The first-order valence-electron chi connectivity index (χ1n) is 5.78. The Bertz CT molecular complexity index is 650. The first-order valence-corrected chi connectivity index (χ1v) is 6.19. The first-order chi connectivity index (χ1) is 9.52. The molecule has 0 atom stereocenters. The molecule has 1 amide bonds. The highest BCUT2D eigenvalue weighted by atomic mass is 32.1. The number of primary amides is 1. The van der Waals surface area contributed by atoms with Gasteiger partial charge in [0.2, 0.25) is 5.91 Å². The Hall–Kier alpha value is -2.53. The van der Waals surface area contributed by atoms with Crippen molar-refractivity contribution in [3.63, 3.8) is 0 Å². The van der Waals surface area contributed by atoms with Crippen LogP contribution >= 0.6 is 12.2 Å². The van der Waals surface area contributed by atoms with Crippen molar-refractivity contribution in [1.29, 1.82) is 0 Å². The van der Waals surface area contributed by atoms with Crippen molar-refractivity contribution < 1.29 is 14.7 Å². The van der Waals surface area contributed by atoms with Crippen LogP contribution < -0.4 is 5.73 Å². The lowest BCUT2D eigenvalue weighted by Gasteiger charge is -2.10. The second kappa shape index (κ2) is 5.63. The van der Waals surface area contributed by atoms with Crippen LogP contribution in [0.4, 0.5) is 0 Å². The molecule has 20 heavy (non-hydrogen) atoms. The zero-order chi connectivity index (χ0) is 14.7. The quantitative estimate of drug-likeness (QED) is 0.667. The third-order valence-electron chi connectivity index (χ3n) is 2.84. The molecule has 0 spiro atoms. The molecule has 0 aliphatic heterocycles. The van der Waals surface area contributed by atoms with E-state index in [1.54, 1.807) is 42.5 Å². The Balaban J connectivity index is 2.59. The maximum absolute atomic E-state index is 11.4. The molecule has 0 saturated heterocycles. The largest absolute Gasteiger partial charge is 0.478 e. The Kier molecular flexibility index (Phi) is 3.91. The zero-order valence-electron chi connectivity index (χ0n) is 10.4. The molecule has 4 nitrogen and oxygen atoms in total. The van der Waals surface area contributed by atoms with Crippen LogP contribution in [0.2, 0.25) is 0 Å². The number of carbonyl (C=O) groups is 2. The van der Waals surface area contributed by atoms with Crippen LogP contribution in [-0.2, 0) is 0 Å². The van der Waals surface area contributed by atoms with E-state index in [1.807, 2.05) is 0 Å². The number of carbonyl (C=O) groups excluding carboxylic acids is 1. The van der Waals surface area contributed by atoms with Gasteiger partial charge in [-0.25, -0.2) is 4.79 Å². The topological polar surface area (TPSA) is 80.4 Å². The predicted molar refractivity (Wildman–Crippen MR) is 79.2 cm³/mol. The van der Waals surface area contributed by atoms with Gasteiger partial charge in [0.15, 0.2) is 0 Å². The van der Waals surface area contributed by atoms with Crippen LogP contribution in [0.25, 0.3) is 0 Å². The standard InChI is InChI=1S/C15H11NO3S/c16-14(17)11-7-3-1-5-9(11)13(20)10-6-2-4-8-12(10)15(18)19/h1-8H,(H2,16,17)(H,18,19). The number of hydrogen-bond donors (Lipinski definition) is 2. The molecule has 2 aromatic rings. The maximum atomic E-state index is 11.4. The van der Waals surface area contributed by atoms with Crippen molar-refractivity contribution in [3.8, 4) is 0 Å². The van der Waals surface area contributed by atoms with Crippen LogP contribution in [-0.4, -0.2) is 21.8 Å². The van der Waals surface area contributed by atoms with Crippen molar-refractivity contribution in [2.75, 3.05) is 0 Å². The Morgan fingerprint density at radius 1 is 0.850 bits per heavy atom. The number of carboxylic acids is 1. The van der Waals surface area contributed by atoms with E-state index in [9.17, 15) is 14.7 Å². The number of aromatic carboxylic acids is 1. The van der Waals surface area contributed by atoms with E-state index >= 15 is 0 Å². The summed E-state index contributed by atoms with van der Waals surface area (Å²) in [6.45, 7) is 0. The summed E-state index contributed by atoms with van der Waals surface area (Å²) < 4.78 is 0. The molecule has 5 heteroatoms. The Morgan fingerprint density at radius 3 is 1.70 bits per heavy atom. The van der Waals surface area contributed by atoms with Crippen molar-refractivity contribution in [1.82, 2.24) is 0 Å². The van der Waals surface area contributed by atoms with Gasteiger partial charge in [0.25, 0.3) is 0 Å². The monoisotopic (exact) mass is 285 g/mol. The number of amides is 1. The van der Waals surface area contributed by atoms with Gasteiger partial charge < -0.3 is 10.8 Å². The third kappa shape index (κ3) is 2.57. The van der Waals surface area contributed by atoms with E-state index < -0.39 is 11.9 Å².